The largest absolute Gasteiger partial charge is 0.355 e. The minimum absolute atomic E-state index is 0.0121. The summed E-state index contributed by atoms with van der Waals surface area (Å²) in [5, 5.41) is 6.00. The third-order valence-electron chi connectivity index (χ3n) is 4.83. The molecule has 0 saturated carbocycles. The lowest BCUT2D eigenvalue weighted by atomic mass is 10.1. The van der Waals surface area contributed by atoms with E-state index < -0.39 is 0 Å². The van der Waals surface area contributed by atoms with Crippen LogP contribution in [0, 0.1) is 0 Å². The first-order valence-corrected chi connectivity index (χ1v) is 9.48. The fourth-order valence-corrected chi connectivity index (χ4v) is 3.54. The van der Waals surface area contributed by atoms with E-state index in [9.17, 15) is 9.59 Å². The van der Waals surface area contributed by atoms with E-state index in [1.165, 1.54) is 0 Å². The number of imidazole rings is 1. The lowest BCUT2D eigenvalue weighted by molar-refractivity contribution is -0.125. The van der Waals surface area contributed by atoms with E-state index in [0.29, 0.717) is 32.5 Å². The molecular formula is C20H27N5O2. The molecule has 144 valence electrons. The van der Waals surface area contributed by atoms with Crippen molar-refractivity contribution in [2.24, 2.45) is 0 Å². The third-order valence-corrected chi connectivity index (χ3v) is 4.83. The molecule has 0 bridgehead atoms. The van der Waals surface area contributed by atoms with E-state index in [4.69, 9.17) is 0 Å². The second-order valence-electron chi connectivity index (χ2n) is 6.90. The molecule has 0 radical (unpaired) electrons. The molecule has 0 aliphatic carbocycles. The topological polar surface area (TPSA) is 90.1 Å². The van der Waals surface area contributed by atoms with Gasteiger partial charge in [0, 0.05) is 44.0 Å². The van der Waals surface area contributed by atoms with Gasteiger partial charge in [-0.2, -0.15) is 0 Å². The molecule has 2 aromatic rings. The summed E-state index contributed by atoms with van der Waals surface area (Å²) in [6.45, 7) is 3.77. The number of amides is 2. The van der Waals surface area contributed by atoms with Gasteiger partial charge in [-0.05, 0) is 25.3 Å². The van der Waals surface area contributed by atoms with E-state index in [-0.39, 0.29) is 23.9 Å². The maximum absolute atomic E-state index is 12.4. The Morgan fingerprint density at radius 3 is 2.81 bits per heavy atom. The standard InChI is InChI=1S/C20H27N5O2/c1-2-22-20(27)18-10-16(12-25(18)13-17-11-21-14-23-17)24-19(26)9-8-15-6-4-3-5-7-15/h3-7,11,14,16,18H,2,8-10,12-13H2,1H3,(H,21,23)(H,22,27)(H,24,26)/t16-,18-/m0/s1. The van der Waals surface area contributed by atoms with Gasteiger partial charge in [-0.1, -0.05) is 30.3 Å². The second kappa shape index (κ2) is 9.32. The number of nitrogens with one attached hydrogen (secondary N) is 3. The maximum atomic E-state index is 12.4. The highest BCUT2D eigenvalue weighted by molar-refractivity contribution is 5.82. The third kappa shape index (κ3) is 5.40. The SMILES string of the molecule is CCNC(=O)[C@@H]1C[C@H](NC(=O)CCc2ccccc2)CN1Cc1cnc[nH]1. The van der Waals surface area contributed by atoms with Crippen molar-refractivity contribution in [2.45, 2.75) is 44.8 Å². The van der Waals surface area contributed by atoms with Crippen molar-refractivity contribution >= 4 is 11.8 Å². The molecule has 7 nitrogen and oxygen atoms in total. The molecule has 1 aromatic heterocycles. The number of nitrogens with zero attached hydrogens (tertiary/aromatic N) is 2. The highest BCUT2D eigenvalue weighted by Crippen LogP contribution is 2.20. The van der Waals surface area contributed by atoms with Crippen molar-refractivity contribution in [2.75, 3.05) is 13.1 Å². The highest BCUT2D eigenvalue weighted by Gasteiger charge is 2.37. The lowest BCUT2D eigenvalue weighted by Crippen LogP contribution is -2.42. The fraction of sp³-hybridized carbons (Fsp3) is 0.450. The highest BCUT2D eigenvalue weighted by atomic mass is 16.2. The van der Waals surface area contributed by atoms with Crippen LogP contribution in [-0.2, 0) is 22.6 Å². The zero-order valence-corrected chi connectivity index (χ0v) is 15.6. The minimum Gasteiger partial charge on any atom is -0.355 e. The van der Waals surface area contributed by atoms with Gasteiger partial charge in [-0.25, -0.2) is 4.98 Å². The van der Waals surface area contributed by atoms with Crippen LogP contribution in [0.1, 0.15) is 31.0 Å². The molecule has 3 N–H and O–H groups in total. The van der Waals surface area contributed by atoms with Crippen LogP contribution in [0.4, 0.5) is 0 Å². The summed E-state index contributed by atoms with van der Waals surface area (Å²) in [6.07, 6.45) is 5.19. The summed E-state index contributed by atoms with van der Waals surface area (Å²) >= 11 is 0. The quantitative estimate of drug-likeness (QED) is 0.653. The van der Waals surface area contributed by atoms with Crippen LogP contribution in [0.15, 0.2) is 42.9 Å². The first kappa shape index (κ1) is 19.1. The molecular weight excluding hydrogens is 342 g/mol. The van der Waals surface area contributed by atoms with Crippen LogP contribution in [0.3, 0.4) is 0 Å². The van der Waals surface area contributed by atoms with Crippen molar-refractivity contribution in [3.8, 4) is 0 Å². The number of carbonyl (C=O) groups excluding carboxylic acids is 2. The number of hydrogen-bond donors (Lipinski definition) is 3. The molecule has 2 atom stereocenters. The first-order valence-electron chi connectivity index (χ1n) is 9.48. The molecule has 1 aromatic carbocycles. The Hall–Kier alpha value is -2.67. The van der Waals surface area contributed by atoms with Crippen LogP contribution in [-0.4, -0.2) is 51.9 Å². The van der Waals surface area contributed by atoms with Crippen LogP contribution in [0.2, 0.25) is 0 Å². The monoisotopic (exact) mass is 369 g/mol. The van der Waals surface area contributed by atoms with E-state index in [0.717, 1.165) is 17.7 Å². The van der Waals surface area contributed by atoms with Gasteiger partial charge in [0.1, 0.15) is 0 Å². The summed E-state index contributed by atoms with van der Waals surface area (Å²) in [7, 11) is 0. The van der Waals surface area contributed by atoms with E-state index in [1.807, 2.05) is 37.3 Å². The molecule has 1 saturated heterocycles. The number of aromatic nitrogens is 2. The Balaban J connectivity index is 1.55. The lowest BCUT2D eigenvalue weighted by Gasteiger charge is -2.22. The van der Waals surface area contributed by atoms with Crippen LogP contribution in [0.5, 0.6) is 0 Å². The van der Waals surface area contributed by atoms with Crippen LogP contribution >= 0.6 is 0 Å². The van der Waals surface area contributed by atoms with Crippen molar-refractivity contribution in [3.05, 3.63) is 54.1 Å². The number of benzene rings is 1. The van der Waals surface area contributed by atoms with Crippen molar-refractivity contribution in [1.29, 1.82) is 0 Å². The number of likely N-dealkylation sites (tertiary alicyclic amines) is 1. The summed E-state index contributed by atoms with van der Waals surface area (Å²) in [5.74, 6) is 0.0416. The van der Waals surface area contributed by atoms with Gasteiger partial charge in [0.25, 0.3) is 0 Å². The normalized spacial score (nSPS) is 19.7. The molecule has 7 heteroatoms. The number of aromatic amines is 1. The molecule has 0 unspecified atom stereocenters. The van der Waals surface area contributed by atoms with E-state index in [1.54, 1.807) is 12.5 Å². The number of H-pyrrole nitrogens is 1. The number of hydrogen-bond acceptors (Lipinski definition) is 4. The Morgan fingerprint density at radius 2 is 2.11 bits per heavy atom. The summed E-state index contributed by atoms with van der Waals surface area (Å²) in [4.78, 5) is 34.0. The summed E-state index contributed by atoms with van der Waals surface area (Å²) < 4.78 is 0. The van der Waals surface area contributed by atoms with Crippen molar-refractivity contribution in [1.82, 2.24) is 25.5 Å². The van der Waals surface area contributed by atoms with Gasteiger partial charge < -0.3 is 15.6 Å². The molecule has 27 heavy (non-hydrogen) atoms. The van der Waals surface area contributed by atoms with E-state index in [2.05, 4.69) is 25.5 Å². The number of carbonyl (C=O) groups is 2. The average Bonchev–Trinajstić information content (AvgIpc) is 3.31. The molecule has 1 aliphatic rings. The van der Waals surface area contributed by atoms with Gasteiger partial charge in [0.05, 0.1) is 12.4 Å². The molecule has 0 spiro atoms. The fourth-order valence-electron chi connectivity index (χ4n) is 3.54. The first-order chi connectivity index (χ1) is 13.2. The molecule has 2 amide bonds. The van der Waals surface area contributed by atoms with Gasteiger partial charge in [0.2, 0.25) is 11.8 Å². The van der Waals surface area contributed by atoms with Gasteiger partial charge in [-0.3, -0.25) is 14.5 Å². The van der Waals surface area contributed by atoms with Gasteiger partial charge in [-0.15, -0.1) is 0 Å². The van der Waals surface area contributed by atoms with Crippen LogP contribution < -0.4 is 10.6 Å². The van der Waals surface area contributed by atoms with Crippen LogP contribution in [0.25, 0.3) is 0 Å². The summed E-state index contributed by atoms with van der Waals surface area (Å²) in [5.41, 5.74) is 2.11. The number of rotatable bonds is 8. The molecule has 1 aliphatic heterocycles. The minimum atomic E-state index is -0.243. The molecule has 2 heterocycles. The Morgan fingerprint density at radius 1 is 1.30 bits per heavy atom. The zero-order valence-electron chi connectivity index (χ0n) is 15.6. The Labute approximate surface area is 159 Å². The summed E-state index contributed by atoms with van der Waals surface area (Å²) in [6, 6.07) is 9.72. The van der Waals surface area contributed by atoms with Gasteiger partial charge in [0.15, 0.2) is 0 Å². The molecule has 1 fully saturated rings. The predicted octanol–water partition coefficient (Wildman–Crippen LogP) is 1.24. The van der Waals surface area contributed by atoms with Crippen molar-refractivity contribution in [3.63, 3.8) is 0 Å². The van der Waals surface area contributed by atoms with Gasteiger partial charge >= 0.3 is 0 Å². The average molecular weight is 369 g/mol. The zero-order chi connectivity index (χ0) is 19.1. The Bertz CT molecular complexity index is 732. The van der Waals surface area contributed by atoms with E-state index >= 15 is 0 Å². The Kier molecular flexibility index (Phi) is 6.59. The number of likely N-dealkylation sites (N-methyl/N-ethyl adjacent to an activating group) is 1. The maximum Gasteiger partial charge on any atom is 0.237 e. The molecule has 3 rings (SSSR count). The number of aryl methyl sites for hydroxylation is 1. The predicted molar refractivity (Wildman–Crippen MR) is 103 cm³/mol. The smallest absolute Gasteiger partial charge is 0.237 e. The second-order valence-corrected chi connectivity index (χ2v) is 6.90. The van der Waals surface area contributed by atoms with Crippen molar-refractivity contribution < 1.29 is 9.59 Å².